The summed E-state index contributed by atoms with van der Waals surface area (Å²) in [4.78, 5) is 0. The maximum Gasteiger partial charge on any atom is 0.174 e. The van der Waals surface area contributed by atoms with Gasteiger partial charge in [-0.25, -0.2) is 0 Å². The summed E-state index contributed by atoms with van der Waals surface area (Å²) < 4.78 is 12.1. The number of ether oxygens (including phenoxy) is 2. The molecule has 2 aromatic rings. The molecule has 0 bridgehead atoms. The predicted octanol–water partition coefficient (Wildman–Crippen LogP) is 5.13. The molecule has 0 heterocycles. The lowest BCUT2D eigenvalue weighted by Gasteiger charge is -2.14. The predicted molar refractivity (Wildman–Crippen MR) is 100 cm³/mol. The van der Waals surface area contributed by atoms with Crippen LogP contribution in [0.25, 0.3) is 0 Å². The summed E-state index contributed by atoms with van der Waals surface area (Å²) in [5, 5.41) is 4.08. The van der Waals surface area contributed by atoms with Crippen molar-refractivity contribution < 1.29 is 9.47 Å². The highest BCUT2D eigenvalue weighted by atomic mass is 127. The second kappa shape index (κ2) is 8.29. The van der Waals surface area contributed by atoms with E-state index in [1.54, 1.807) is 13.2 Å². The molecule has 0 spiro atoms. The van der Waals surface area contributed by atoms with Gasteiger partial charge in [-0.2, -0.15) is 0 Å². The Labute approximate surface area is 149 Å². The molecule has 3 nitrogen and oxygen atoms in total. The first-order valence-corrected chi connectivity index (χ1v) is 8.19. The first-order valence-electron chi connectivity index (χ1n) is 6.73. The molecule has 0 amide bonds. The fourth-order valence-electron chi connectivity index (χ4n) is 1.93. The second-order valence-corrected chi connectivity index (χ2v) is 6.17. The first-order chi connectivity index (χ1) is 10.6. The minimum Gasteiger partial charge on any atom is -0.493 e. The van der Waals surface area contributed by atoms with Crippen LogP contribution in [0.1, 0.15) is 5.56 Å². The van der Waals surface area contributed by atoms with Crippen LogP contribution < -0.4 is 14.8 Å². The van der Waals surface area contributed by atoms with Crippen molar-refractivity contribution in [2.45, 2.75) is 6.54 Å². The molecule has 0 radical (unpaired) electrons. The number of benzene rings is 2. The largest absolute Gasteiger partial charge is 0.493 e. The van der Waals surface area contributed by atoms with Crippen molar-refractivity contribution in [3.05, 3.63) is 63.2 Å². The van der Waals surface area contributed by atoms with Crippen LogP contribution in [0, 0.1) is 3.57 Å². The fourth-order valence-corrected chi connectivity index (χ4v) is 2.88. The Bertz CT molecular complexity index is 644. The lowest BCUT2D eigenvalue weighted by Crippen LogP contribution is -2.03. The van der Waals surface area contributed by atoms with E-state index in [-0.39, 0.29) is 0 Å². The third-order valence-corrected chi connectivity index (χ3v) is 4.03. The molecule has 0 fully saturated rings. The standard InChI is InChI=1S/C17H17ClINO2/c1-3-8-22-17-15(19)9-12(10-16(17)21-2)11-20-14-6-4-13(18)5-7-14/h3-7,9-10,20H,1,8,11H2,2H3. The number of hydrogen-bond donors (Lipinski definition) is 1. The van der Waals surface area contributed by atoms with Gasteiger partial charge >= 0.3 is 0 Å². The third-order valence-electron chi connectivity index (χ3n) is 2.98. The van der Waals surface area contributed by atoms with Crippen molar-refractivity contribution in [1.82, 2.24) is 0 Å². The molecule has 5 heteroatoms. The van der Waals surface area contributed by atoms with Gasteiger partial charge < -0.3 is 14.8 Å². The summed E-state index contributed by atoms with van der Waals surface area (Å²) in [5.41, 5.74) is 2.13. The number of anilines is 1. The Balaban J connectivity index is 2.12. The number of halogens is 2. The lowest BCUT2D eigenvalue weighted by atomic mass is 10.2. The van der Waals surface area contributed by atoms with E-state index in [2.05, 4.69) is 40.6 Å². The zero-order chi connectivity index (χ0) is 15.9. The van der Waals surface area contributed by atoms with Gasteiger partial charge in [-0.15, -0.1) is 0 Å². The summed E-state index contributed by atoms with van der Waals surface area (Å²) in [5.74, 6) is 1.47. The highest BCUT2D eigenvalue weighted by Crippen LogP contribution is 2.34. The Morgan fingerprint density at radius 3 is 2.64 bits per heavy atom. The van der Waals surface area contributed by atoms with E-state index in [4.69, 9.17) is 21.1 Å². The Morgan fingerprint density at radius 2 is 2.00 bits per heavy atom. The molecule has 0 aliphatic carbocycles. The maximum atomic E-state index is 5.88. The molecule has 0 aliphatic rings. The van der Waals surface area contributed by atoms with E-state index in [1.165, 1.54) is 0 Å². The molecule has 0 aromatic heterocycles. The molecule has 116 valence electrons. The zero-order valence-electron chi connectivity index (χ0n) is 12.2. The van der Waals surface area contributed by atoms with E-state index < -0.39 is 0 Å². The number of methoxy groups -OCH3 is 1. The van der Waals surface area contributed by atoms with Gasteiger partial charge in [0.1, 0.15) is 6.61 Å². The third kappa shape index (κ3) is 4.55. The number of rotatable bonds is 7. The van der Waals surface area contributed by atoms with E-state index in [0.717, 1.165) is 31.3 Å². The first kappa shape index (κ1) is 17.0. The van der Waals surface area contributed by atoms with Crippen molar-refractivity contribution in [3.8, 4) is 11.5 Å². The maximum absolute atomic E-state index is 5.88. The van der Waals surface area contributed by atoms with Gasteiger partial charge in [-0.05, 0) is 64.6 Å². The topological polar surface area (TPSA) is 30.5 Å². The van der Waals surface area contributed by atoms with E-state index >= 15 is 0 Å². The molecular weight excluding hydrogens is 413 g/mol. The van der Waals surface area contributed by atoms with Gasteiger partial charge in [0, 0.05) is 17.3 Å². The lowest BCUT2D eigenvalue weighted by molar-refractivity contribution is 0.324. The van der Waals surface area contributed by atoms with Gasteiger partial charge in [-0.1, -0.05) is 24.3 Å². The van der Waals surface area contributed by atoms with Gasteiger partial charge in [0.2, 0.25) is 0 Å². The zero-order valence-corrected chi connectivity index (χ0v) is 15.1. The summed E-state index contributed by atoms with van der Waals surface area (Å²) in [6, 6.07) is 11.7. The number of hydrogen-bond acceptors (Lipinski definition) is 3. The molecule has 0 saturated carbocycles. The Morgan fingerprint density at radius 1 is 1.27 bits per heavy atom. The fraction of sp³-hybridized carbons (Fsp3) is 0.176. The molecule has 0 aliphatic heterocycles. The van der Waals surface area contributed by atoms with E-state index in [0.29, 0.717) is 13.2 Å². The van der Waals surface area contributed by atoms with E-state index in [1.807, 2.05) is 30.3 Å². The monoisotopic (exact) mass is 429 g/mol. The van der Waals surface area contributed by atoms with Crippen molar-refractivity contribution in [2.24, 2.45) is 0 Å². The van der Waals surface area contributed by atoms with Gasteiger partial charge in [-0.3, -0.25) is 0 Å². The minimum absolute atomic E-state index is 0.453. The van der Waals surface area contributed by atoms with Crippen molar-refractivity contribution in [3.63, 3.8) is 0 Å². The van der Waals surface area contributed by atoms with E-state index in [9.17, 15) is 0 Å². The SMILES string of the molecule is C=CCOc1c(I)cc(CNc2ccc(Cl)cc2)cc1OC. The molecular formula is C17H17ClINO2. The highest BCUT2D eigenvalue weighted by Gasteiger charge is 2.11. The molecule has 0 unspecified atom stereocenters. The molecule has 2 aromatic carbocycles. The molecule has 2 rings (SSSR count). The Kier molecular flexibility index (Phi) is 6.39. The summed E-state index contributed by atoms with van der Waals surface area (Å²) >= 11 is 8.13. The Hall–Kier alpha value is -1.40. The van der Waals surface area contributed by atoms with Crippen LogP contribution in [0.5, 0.6) is 11.5 Å². The number of nitrogens with one attached hydrogen (secondary N) is 1. The smallest absolute Gasteiger partial charge is 0.174 e. The van der Waals surface area contributed by atoms with Crippen molar-refractivity contribution in [1.29, 1.82) is 0 Å². The average molecular weight is 430 g/mol. The van der Waals surface area contributed by atoms with Crippen LogP contribution in [-0.4, -0.2) is 13.7 Å². The van der Waals surface area contributed by atoms with Gasteiger partial charge in [0.25, 0.3) is 0 Å². The summed E-state index contributed by atoms with van der Waals surface area (Å²) in [6.07, 6.45) is 1.71. The average Bonchev–Trinajstić information content (AvgIpc) is 2.53. The van der Waals surface area contributed by atoms with Crippen LogP contribution in [0.2, 0.25) is 5.02 Å². The van der Waals surface area contributed by atoms with Gasteiger partial charge in [0.15, 0.2) is 11.5 Å². The van der Waals surface area contributed by atoms with Crippen molar-refractivity contribution in [2.75, 3.05) is 19.0 Å². The van der Waals surface area contributed by atoms with Crippen molar-refractivity contribution >= 4 is 39.9 Å². The summed E-state index contributed by atoms with van der Waals surface area (Å²) in [6.45, 7) is 4.80. The summed E-state index contributed by atoms with van der Waals surface area (Å²) in [7, 11) is 1.64. The minimum atomic E-state index is 0.453. The van der Waals surface area contributed by atoms with Crippen LogP contribution in [0.4, 0.5) is 5.69 Å². The quantitative estimate of drug-likeness (QED) is 0.489. The van der Waals surface area contributed by atoms with Crippen LogP contribution in [-0.2, 0) is 6.54 Å². The molecule has 22 heavy (non-hydrogen) atoms. The molecule has 1 N–H and O–H groups in total. The van der Waals surface area contributed by atoms with Crippen LogP contribution >= 0.6 is 34.2 Å². The van der Waals surface area contributed by atoms with Gasteiger partial charge in [0.05, 0.1) is 10.7 Å². The highest BCUT2D eigenvalue weighted by molar-refractivity contribution is 14.1. The molecule has 0 atom stereocenters. The van der Waals surface area contributed by atoms with Crippen LogP contribution in [0.15, 0.2) is 49.1 Å². The molecule has 0 saturated heterocycles. The second-order valence-electron chi connectivity index (χ2n) is 4.57. The van der Waals surface area contributed by atoms with Crippen LogP contribution in [0.3, 0.4) is 0 Å². The normalized spacial score (nSPS) is 10.1.